The van der Waals surface area contributed by atoms with Gasteiger partial charge in [-0.1, -0.05) is 38.1 Å². The number of ether oxygens (including phenoxy) is 3. The smallest absolute Gasteiger partial charge is 0.244 e. The minimum atomic E-state index is -1.97. The predicted octanol–water partition coefficient (Wildman–Crippen LogP) is 4.37. The minimum absolute atomic E-state index is 0.431. The molecule has 2 bridgehead atoms. The number of benzene rings is 2. The van der Waals surface area contributed by atoms with Crippen LogP contribution in [0.4, 0.5) is 0 Å². The van der Waals surface area contributed by atoms with Crippen LogP contribution in [0.25, 0.3) is 0 Å². The molecule has 2 aliphatic heterocycles. The first kappa shape index (κ1) is 21.4. The van der Waals surface area contributed by atoms with Gasteiger partial charge in [-0.2, -0.15) is 15.8 Å². The van der Waals surface area contributed by atoms with Gasteiger partial charge in [0, 0.05) is 5.56 Å². The Morgan fingerprint density at radius 2 is 1.62 bits per heavy atom. The summed E-state index contributed by atoms with van der Waals surface area (Å²) in [4.78, 5) is 0. The molecule has 2 aromatic carbocycles. The Labute approximate surface area is 186 Å². The maximum atomic E-state index is 10.3. The summed E-state index contributed by atoms with van der Waals surface area (Å²) in [7, 11) is 1.56. The lowest BCUT2D eigenvalue weighted by atomic mass is 9.53. The molecule has 160 valence electrons. The van der Waals surface area contributed by atoms with Crippen LogP contribution in [0.15, 0.2) is 48.5 Å². The molecule has 7 heteroatoms. The molecule has 32 heavy (non-hydrogen) atoms. The maximum absolute atomic E-state index is 10.3. The van der Waals surface area contributed by atoms with Gasteiger partial charge in [0.15, 0.2) is 5.41 Å². The summed E-state index contributed by atoms with van der Waals surface area (Å²) in [5, 5.41) is 39.5. The quantitative estimate of drug-likeness (QED) is 0.774. The molecule has 2 saturated heterocycles. The third-order valence-electron chi connectivity index (χ3n) is 6.85. The minimum Gasteiger partial charge on any atom is -0.497 e. The number of methoxy groups -OCH3 is 1. The summed E-state index contributed by atoms with van der Waals surface area (Å²) in [6, 6.07) is 20.7. The second kappa shape index (κ2) is 7.38. The number of fused-ring (bicyclic) bond motifs is 2. The van der Waals surface area contributed by atoms with E-state index in [4.69, 9.17) is 19.6 Å². The molecule has 0 aliphatic carbocycles. The Balaban J connectivity index is 1.98. The molecule has 0 saturated carbocycles. The molecule has 2 aromatic rings. The highest BCUT2D eigenvalue weighted by molar-refractivity contribution is 5.89. The molecule has 1 N–H and O–H groups in total. The van der Waals surface area contributed by atoms with Crippen molar-refractivity contribution in [2.75, 3.05) is 7.11 Å². The summed E-state index contributed by atoms with van der Waals surface area (Å²) in [6.45, 7) is 3.72. The van der Waals surface area contributed by atoms with Gasteiger partial charge >= 0.3 is 0 Å². The van der Waals surface area contributed by atoms with E-state index in [1.165, 1.54) is 0 Å². The lowest BCUT2D eigenvalue weighted by molar-refractivity contribution is -0.288. The largest absolute Gasteiger partial charge is 0.497 e. The number of hydrogen-bond donors (Lipinski definition) is 1. The van der Waals surface area contributed by atoms with Crippen molar-refractivity contribution in [2.24, 2.45) is 16.7 Å². The fourth-order valence-electron chi connectivity index (χ4n) is 4.92. The molecular formula is C25H22N4O3. The molecule has 4 rings (SSSR count). The Bertz CT molecular complexity index is 1170. The highest BCUT2D eigenvalue weighted by Gasteiger charge is 2.79. The van der Waals surface area contributed by atoms with E-state index < -0.39 is 34.5 Å². The van der Waals surface area contributed by atoms with E-state index in [9.17, 15) is 15.8 Å². The number of nitrogens with one attached hydrogen (secondary N) is 1. The third-order valence-corrected chi connectivity index (χ3v) is 6.85. The van der Waals surface area contributed by atoms with E-state index in [1.54, 1.807) is 50.4 Å². The van der Waals surface area contributed by atoms with Gasteiger partial charge in [-0.3, -0.25) is 5.41 Å². The van der Waals surface area contributed by atoms with E-state index in [1.807, 2.05) is 19.1 Å². The number of hydrogen-bond acceptors (Lipinski definition) is 7. The number of nitrogens with zero attached hydrogens (tertiary/aromatic N) is 3. The standard InChI is InChI=1S/C25H22N4O3/c1-4-17-5-7-18(8-6-17)21-23(13-26,14-27)24(15-28)16(2)25(31-21,32-22(24)29)19-9-11-20(30-3)12-10-19/h5-12,16,21,29H,4H2,1-3H3. The SMILES string of the molecule is CCc1ccc(C2OC3(c4ccc(OC)cc4)OC(=N)C(C#N)(C3C)C2(C#N)C#N)cc1. The van der Waals surface area contributed by atoms with Crippen LogP contribution < -0.4 is 4.74 Å². The van der Waals surface area contributed by atoms with Crippen molar-refractivity contribution in [3.05, 3.63) is 65.2 Å². The molecule has 2 fully saturated rings. The van der Waals surface area contributed by atoms with Gasteiger partial charge in [0.2, 0.25) is 17.1 Å². The lowest BCUT2D eigenvalue weighted by Crippen LogP contribution is -2.57. The number of aryl methyl sites for hydroxylation is 1. The first-order valence-electron chi connectivity index (χ1n) is 10.3. The van der Waals surface area contributed by atoms with E-state index in [2.05, 4.69) is 18.2 Å². The van der Waals surface area contributed by atoms with Gasteiger partial charge in [-0.25, -0.2) is 0 Å². The van der Waals surface area contributed by atoms with Gasteiger partial charge in [-0.15, -0.1) is 0 Å². The summed E-state index contributed by atoms with van der Waals surface area (Å²) in [6.07, 6.45) is -0.278. The van der Waals surface area contributed by atoms with Crippen molar-refractivity contribution >= 4 is 5.90 Å². The summed E-state index contributed by atoms with van der Waals surface area (Å²) in [5.41, 5.74) is -1.55. The second-order valence-corrected chi connectivity index (χ2v) is 8.09. The van der Waals surface area contributed by atoms with Crippen LogP contribution >= 0.6 is 0 Å². The van der Waals surface area contributed by atoms with Crippen LogP contribution in [0, 0.1) is 56.2 Å². The summed E-state index contributed by atoms with van der Waals surface area (Å²) < 4.78 is 17.7. The number of rotatable bonds is 4. The monoisotopic (exact) mass is 426 g/mol. The van der Waals surface area contributed by atoms with E-state index in [-0.39, 0.29) is 0 Å². The van der Waals surface area contributed by atoms with Gasteiger partial charge in [0.05, 0.1) is 31.2 Å². The number of nitriles is 3. The average Bonchev–Trinajstić information content (AvgIpc) is 3.00. The fourth-order valence-corrected chi connectivity index (χ4v) is 4.92. The molecule has 0 amide bonds. The normalized spacial score (nSPS) is 29.8. The van der Waals surface area contributed by atoms with Crippen LogP contribution in [0.2, 0.25) is 0 Å². The first-order valence-corrected chi connectivity index (χ1v) is 10.3. The molecule has 0 radical (unpaired) electrons. The van der Waals surface area contributed by atoms with Crippen molar-refractivity contribution < 1.29 is 14.2 Å². The summed E-state index contributed by atoms with van der Waals surface area (Å²) >= 11 is 0. The van der Waals surface area contributed by atoms with Gasteiger partial charge in [-0.05, 0) is 41.8 Å². The molecular weight excluding hydrogens is 404 g/mol. The van der Waals surface area contributed by atoms with Crippen LogP contribution in [0.5, 0.6) is 5.75 Å². The molecule has 4 atom stereocenters. The zero-order valence-electron chi connectivity index (χ0n) is 18.0. The van der Waals surface area contributed by atoms with E-state index in [0.29, 0.717) is 16.9 Å². The molecule has 7 nitrogen and oxygen atoms in total. The average molecular weight is 426 g/mol. The van der Waals surface area contributed by atoms with Gasteiger partial charge in [0.25, 0.3) is 0 Å². The lowest BCUT2D eigenvalue weighted by Gasteiger charge is -2.48. The zero-order valence-corrected chi connectivity index (χ0v) is 18.0. The molecule has 0 aromatic heterocycles. The summed E-state index contributed by atoms with van der Waals surface area (Å²) in [5.74, 6) is -2.11. The van der Waals surface area contributed by atoms with Crippen molar-refractivity contribution in [2.45, 2.75) is 32.2 Å². The highest BCUT2D eigenvalue weighted by atomic mass is 16.7. The van der Waals surface area contributed by atoms with Crippen molar-refractivity contribution in [3.8, 4) is 24.0 Å². The molecule has 2 heterocycles. The van der Waals surface area contributed by atoms with Gasteiger partial charge in [0.1, 0.15) is 11.9 Å². The Morgan fingerprint density at radius 3 is 2.12 bits per heavy atom. The van der Waals surface area contributed by atoms with Crippen LogP contribution in [-0.2, 0) is 21.7 Å². The van der Waals surface area contributed by atoms with Gasteiger partial charge < -0.3 is 14.2 Å². The topological polar surface area (TPSA) is 123 Å². The molecule has 0 spiro atoms. The highest BCUT2D eigenvalue weighted by Crippen LogP contribution is 2.68. The Morgan fingerprint density at radius 1 is 1.00 bits per heavy atom. The first-order chi connectivity index (χ1) is 15.4. The Hall–Kier alpha value is -3.86. The Kier molecular flexibility index (Phi) is 4.93. The maximum Gasteiger partial charge on any atom is 0.244 e. The van der Waals surface area contributed by atoms with Crippen molar-refractivity contribution in [1.82, 2.24) is 0 Å². The van der Waals surface area contributed by atoms with E-state index >= 15 is 0 Å². The molecule has 2 aliphatic rings. The third kappa shape index (κ3) is 2.45. The predicted molar refractivity (Wildman–Crippen MR) is 114 cm³/mol. The van der Waals surface area contributed by atoms with Crippen LogP contribution in [0.1, 0.15) is 36.6 Å². The van der Waals surface area contributed by atoms with Crippen LogP contribution in [0.3, 0.4) is 0 Å². The van der Waals surface area contributed by atoms with Crippen molar-refractivity contribution in [1.29, 1.82) is 21.2 Å². The zero-order chi connectivity index (χ0) is 23.1. The van der Waals surface area contributed by atoms with Crippen molar-refractivity contribution in [3.63, 3.8) is 0 Å². The van der Waals surface area contributed by atoms with E-state index in [0.717, 1.165) is 12.0 Å². The second-order valence-electron chi connectivity index (χ2n) is 8.09. The fraction of sp³-hybridized carbons (Fsp3) is 0.360. The van der Waals surface area contributed by atoms with Crippen LogP contribution in [-0.4, -0.2) is 13.0 Å². The molecule has 4 unspecified atom stereocenters.